The van der Waals surface area contributed by atoms with Gasteiger partial charge in [-0.15, -0.1) is 0 Å². The van der Waals surface area contributed by atoms with Crippen LogP contribution in [0.25, 0.3) is 0 Å². The van der Waals surface area contributed by atoms with Gasteiger partial charge in [-0.2, -0.15) is 0 Å². The van der Waals surface area contributed by atoms with Gasteiger partial charge in [0.05, 0.1) is 13.2 Å². The maximum absolute atomic E-state index is 11.3. The Kier molecular flexibility index (Phi) is 7.96. The highest BCUT2D eigenvalue weighted by Gasteiger charge is 2.20. The lowest BCUT2D eigenvalue weighted by Gasteiger charge is -2.07. The molecule has 0 bridgehead atoms. The van der Waals surface area contributed by atoms with Crippen LogP contribution < -0.4 is 10.6 Å². The summed E-state index contributed by atoms with van der Waals surface area (Å²) in [6, 6.07) is 0. The second-order valence-electron chi connectivity index (χ2n) is 4.39. The average Bonchev–Trinajstić information content (AvgIpc) is 3.13. The summed E-state index contributed by atoms with van der Waals surface area (Å²) in [5.41, 5.74) is 0. The van der Waals surface area contributed by atoms with Crippen molar-refractivity contribution in [3.63, 3.8) is 0 Å². The first kappa shape index (κ1) is 14.4. The number of carbonyl (C=O) groups excluding carboxylic acids is 1. The molecule has 1 rings (SSSR count). The van der Waals surface area contributed by atoms with Crippen molar-refractivity contribution in [2.45, 2.75) is 19.3 Å². The highest BCUT2D eigenvalue weighted by atomic mass is 16.5. The van der Waals surface area contributed by atoms with E-state index in [0.29, 0.717) is 26.3 Å². The molecule has 0 spiro atoms. The maximum Gasteiger partial charge on any atom is 0.233 e. The Morgan fingerprint density at radius 3 is 2.82 bits per heavy atom. The molecule has 0 aromatic heterocycles. The van der Waals surface area contributed by atoms with Gasteiger partial charge >= 0.3 is 0 Å². The largest absolute Gasteiger partial charge is 0.385 e. The van der Waals surface area contributed by atoms with Gasteiger partial charge in [0.1, 0.15) is 0 Å². The molecule has 1 saturated carbocycles. The minimum Gasteiger partial charge on any atom is -0.385 e. The predicted octanol–water partition coefficient (Wildman–Crippen LogP) is 0.155. The number of ether oxygens (including phenoxy) is 2. The van der Waals surface area contributed by atoms with Crippen LogP contribution in [0.2, 0.25) is 0 Å². The Bertz CT molecular complexity index is 208. The molecule has 0 radical (unpaired) electrons. The molecule has 0 aromatic rings. The van der Waals surface area contributed by atoms with Crippen LogP contribution in [-0.2, 0) is 14.3 Å². The lowest BCUT2D eigenvalue weighted by atomic mass is 10.4. The molecule has 1 fully saturated rings. The summed E-state index contributed by atoms with van der Waals surface area (Å²) >= 11 is 0. The van der Waals surface area contributed by atoms with Crippen molar-refractivity contribution in [2.24, 2.45) is 5.92 Å². The van der Waals surface area contributed by atoms with Crippen molar-refractivity contribution in [1.82, 2.24) is 10.6 Å². The van der Waals surface area contributed by atoms with Crippen LogP contribution in [0, 0.1) is 5.92 Å². The van der Waals surface area contributed by atoms with Crippen LogP contribution in [0.1, 0.15) is 19.3 Å². The van der Waals surface area contributed by atoms with Gasteiger partial charge in [-0.1, -0.05) is 0 Å². The second kappa shape index (κ2) is 9.39. The minimum absolute atomic E-state index is 0.0308. The van der Waals surface area contributed by atoms with Crippen molar-refractivity contribution < 1.29 is 14.3 Å². The number of hydrogen-bond acceptors (Lipinski definition) is 4. The number of nitrogens with one attached hydrogen (secondary N) is 2. The Balaban J connectivity index is 1.75. The van der Waals surface area contributed by atoms with E-state index in [0.717, 1.165) is 25.5 Å². The smallest absolute Gasteiger partial charge is 0.233 e. The standard InChI is InChI=1S/C12H24N2O3/c1-16-7-2-5-14-12(15)9-13-6-8-17-10-11-3-4-11/h11,13H,2-10H2,1H3,(H,14,15). The molecule has 1 aliphatic carbocycles. The fourth-order valence-corrected chi connectivity index (χ4v) is 1.39. The molecular weight excluding hydrogens is 220 g/mol. The molecule has 5 nitrogen and oxygen atoms in total. The number of carbonyl (C=O) groups is 1. The fourth-order valence-electron chi connectivity index (χ4n) is 1.39. The van der Waals surface area contributed by atoms with Crippen molar-refractivity contribution in [3.05, 3.63) is 0 Å². The molecule has 5 heteroatoms. The van der Waals surface area contributed by atoms with Gasteiger partial charge in [0.15, 0.2) is 0 Å². The van der Waals surface area contributed by atoms with Gasteiger partial charge in [-0.25, -0.2) is 0 Å². The zero-order valence-corrected chi connectivity index (χ0v) is 10.7. The van der Waals surface area contributed by atoms with Gasteiger partial charge in [-0.3, -0.25) is 4.79 Å². The summed E-state index contributed by atoms with van der Waals surface area (Å²) in [4.78, 5) is 11.3. The third kappa shape index (κ3) is 9.09. The Morgan fingerprint density at radius 2 is 2.12 bits per heavy atom. The van der Waals surface area contributed by atoms with Gasteiger partial charge in [-0.05, 0) is 25.2 Å². The van der Waals surface area contributed by atoms with Crippen molar-refractivity contribution >= 4 is 5.91 Å². The molecule has 0 saturated heterocycles. The maximum atomic E-state index is 11.3. The fraction of sp³-hybridized carbons (Fsp3) is 0.917. The number of hydrogen-bond donors (Lipinski definition) is 2. The normalized spacial score (nSPS) is 14.9. The third-order valence-corrected chi connectivity index (χ3v) is 2.61. The van der Waals surface area contributed by atoms with E-state index in [1.807, 2.05) is 0 Å². The lowest BCUT2D eigenvalue weighted by Crippen LogP contribution is -2.36. The Morgan fingerprint density at radius 1 is 1.29 bits per heavy atom. The lowest BCUT2D eigenvalue weighted by molar-refractivity contribution is -0.120. The summed E-state index contributed by atoms with van der Waals surface area (Å²) in [6.45, 7) is 4.02. The van der Waals surface area contributed by atoms with E-state index >= 15 is 0 Å². The summed E-state index contributed by atoms with van der Waals surface area (Å²) in [5.74, 6) is 0.836. The van der Waals surface area contributed by atoms with E-state index < -0.39 is 0 Å². The molecule has 0 aliphatic heterocycles. The van der Waals surface area contributed by atoms with E-state index in [1.54, 1.807) is 7.11 Å². The van der Waals surface area contributed by atoms with Gasteiger partial charge < -0.3 is 20.1 Å². The van der Waals surface area contributed by atoms with Crippen LogP contribution >= 0.6 is 0 Å². The van der Waals surface area contributed by atoms with Crippen molar-refractivity contribution in [3.8, 4) is 0 Å². The first-order chi connectivity index (χ1) is 8.33. The summed E-state index contributed by atoms with van der Waals surface area (Å²) in [7, 11) is 1.66. The van der Waals surface area contributed by atoms with E-state index in [9.17, 15) is 4.79 Å². The first-order valence-corrected chi connectivity index (χ1v) is 6.37. The molecular formula is C12H24N2O3. The van der Waals surface area contributed by atoms with Gasteiger partial charge in [0.2, 0.25) is 5.91 Å². The summed E-state index contributed by atoms with van der Waals surface area (Å²) in [6.07, 6.45) is 3.49. The Labute approximate surface area is 103 Å². The molecule has 1 aliphatic rings. The van der Waals surface area contributed by atoms with Gasteiger partial charge in [0, 0.05) is 33.4 Å². The molecule has 0 unspecified atom stereocenters. The molecule has 0 atom stereocenters. The topological polar surface area (TPSA) is 59.6 Å². The number of rotatable bonds is 11. The molecule has 2 N–H and O–H groups in total. The van der Waals surface area contributed by atoms with E-state index in [4.69, 9.17) is 9.47 Å². The summed E-state index contributed by atoms with van der Waals surface area (Å²) < 4.78 is 10.3. The van der Waals surface area contributed by atoms with Gasteiger partial charge in [0.25, 0.3) is 0 Å². The van der Waals surface area contributed by atoms with Crippen LogP contribution in [0.3, 0.4) is 0 Å². The van der Waals surface area contributed by atoms with Crippen LogP contribution in [0.4, 0.5) is 0 Å². The molecule has 0 heterocycles. The quantitative estimate of drug-likeness (QED) is 0.508. The third-order valence-electron chi connectivity index (χ3n) is 2.61. The second-order valence-corrected chi connectivity index (χ2v) is 4.39. The van der Waals surface area contributed by atoms with Crippen molar-refractivity contribution in [2.75, 3.05) is 46.6 Å². The molecule has 17 heavy (non-hydrogen) atoms. The monoisotopic (exact) mass is 244 g/mol. The molecule has 1 amide bonds. The van der Waals surface area contributed by atoms with E-state index in [1.165, 1.54) is 12.8 Å². The van der Waals surface area contributed by atoms with E-state index in [-0.39, 0.29) is 5.91 Å². The summed E-state index contributed by atoms with van der Waals surface area (Å²) in [5, 5.41) is 5.87. The minimum atomic E-state index is 0.0308. The first-order valence-electron chi connectivity index (χ1n) is 6.37. The molecule has 100 valence electrons. The van der Waals surface area contributed by atoms with Crippen LogP contribution in [0.5, 0.6) is 0 Å². The highest BCUT2D eigenvalue weighted by molar-refractivity contribution is 5.77. The molecule has 0 aromatic carbocycles. The van der Waals surface area contributed by atoms with Crippen LogP contribution in [-0.4, -0.2) is 52.5 Å². The zero-order chi connectivity index (χ0) is 12.3. The average molecular weight is 244 g/mol. The van der Waals surface area contributed by atoms with E-state index in [2.05, 4.69) is 10.6 Å². The highest BCUT2D eigenvalue weighted by Crippen LogP contribution is 2.28. The zero-order valence-electron chi connectivity index (χ0n) is 10.7. The Hall–Kier alpha value is -0.650. The SMILES string of the molecule is COCCCNC(=O)CNCCOCC1CC1. The van der Waals surface area contributed by atoms with Crippen LogP contribution in [0.15, 0.2) is 0 Å². The van der Waals surface area contributed by atoms with Crippen molar-refractivity contribution in [1.29, 1.82) is 0 Å². The number of amides is 1. The predicted molar refractivity (Wildman–Crippen MR) is 65.9 cm³/mol. The number of methoxy groups -OCH3 is 1.